The van der Waals surface area contributed by atoms with Gasteiger partial charge in [0.2, 0.25) is 0 Å². The van der Waals surface area contributed by atoms with Gasteiger partial charge < -0.3 is 16.0 Å². The maximum absolute atomic E-state index is 12.4. The van der Waals surface area contributed by atoms with E-state index in [-0.39, 0.29) is 6.03 Å². The molecule has 0 bridgehead atoms. The number of carbonyl (C=O) groups is 1. The molecular formula is C18H26N6O. The molecule has 3 rings (SSSR count). The second kappa shape index (κ2) is 7.65. The summed E-state index contributed by atoms with van der Waals surface area (Å²) >= 11 is 0. The van der Waals surface area contributed by atoms with Crippen molar-refractivity contribution < 1.29 is 4.79 Å². The molecule has 2 amide bonds. The van der Waals surface area contributed by atoms with Crippen LogP contribution in [-0.2, 0) is 6.54 Å². The van der Waals surface area contributed by atoms with Gasteiger partial charge >= 0.3 is 6.03 Å². The molecule has 0 spiro atoms. The van der Waals surface area contributed by atoms with Crippen molar-refractivity contribution >= 4 is 11.7 Å². The first-order valence-electron chi connectivity index (χ1n) is 8.78. The topological polar surface area (TPSA) is 89.1 Å². The lowest BCUT2D eigenvalue weighted by Crippen LogP contribution is -2.33. The zero-order valence-electron chi connectivity index (χ0n) is 14.9. The summed E-state index contributed by atoms with van der Waals surface area (Å²) in [4.78, 5) is 18.6. The number of rotatable bonds is 5. The van der Waals surface area contributed by atoms with E-state index in [0.717, 1.165) is 48.8 Å². The highest BCUT2D eigenvalue weighted by Gasteiger charge is 2.25. The lowest BCUT2D eigenvalue weighted by Gasteiger charge is -2.17. The van der Waals surface area contributed by atoms with Crippen molar-refractivity contribution in [3.05, 3.63) is 41.5 Å². The smallest absolute Gasteiger partial charge is 0.321 e. The minimum absolute atomic E-state index is 0.0375. The number of nitrogens with two attached hydrogens (primary N) is 1. The molecule has 7 nitrogen and oxygen atoms in total. The van der Waals surface area contributed by atoms with Crippen molar-refractivity contribution in [2.45, 2.75) is 33.2 Å². The van der Waals surface area contributed by atoms with E-state index in [2.05, 4.69) is 15.4 Å². The maximum Gasteiger partial charge on any atom is 0.321 e. The van der Waals surface area contributed by atoms with E-state index < -0.39 is 0 Å². The fourth-order valence-corrected chi connectivity index (χ4v) is 3.32. The summed E-state index contributed by atoms with van der Waals surface area (Å²) in [5.41, 5.74) is 7.50. The molecular weight excluding hydrogens is 316 g/mol. The van der Waals surface area contributed by atoms with Gasteiger partial charge in [-0.3, -0.25) is 0 Å². The Morgan fingerprint density at radius 2 is 2.24 bits per heavy atom. The fraction of sp³-hybridized carbons (Fsp3) is 0.500. The number of carbonyl (C=O) groups excluding carboxylic acids is 1. The first-order valence-corrected chi connectivity index (χ1v) is 8.78. The number of urea groups is 1. The Balaban J connectivity index is 1.62. The van der Waals surface area contributed by atoms with Gasteiger partial charge in [0.05, 0.1) is 6.54 Å². The van der Waals surface area contributed by atoms with Gasteiger partial charge in [-0.15, -0.1) is 0 Å². The molecule has 2 heterocycles. The van der Waals surface area contributed by atoms with E-state index in [0.29, 0.717) is 19.0 Å². The molecule has 1 unspecified atom stereocenters. The Morgan fingerprint density at radius 1 is 1.40 bits per heavy atom. The van der Waals surface area contributed by atoms with Gasteiger partial charge in [-0.05, 0) is 56.8 Å². The third-order valence-corrected chi connectivity index (χ3v) is 4.62. The van der Waals surface area contributed by atoms with Crippen molar-refractivity contribution in [1.29, 1.82) is 0 Å². The largest absolute Gasteiger partial charge is 0.330 e. The Morgan fingerprint density at radius 3 is 2.96 bits per heavy atom. The highest BCUT2D eigenvalue weighted by Crippen LogP contribution is 2.20. The van der Waals surface area contributed by atoms with E-state index in [1.807, 2.05) is 47.7 Å². The number of likely N-dealkylation sites (tertiary alicyclic amines) is 1. The first kappa shape index (κ1) is 17.4. The Labute approximate surface area is 148 Å². The van der Waals surface area contributed by atoms with E-state index >= 15 is 0 Å². The first-order chi connectivity index (χ1) is 12.0. The molecule has 1 aromatic carbocycles. The summed E-state index contributed by atoms with van der Waals surface area (Å²) in [6, 6.07) is 7.84. The second-order valence-corrected chi connectivity index (χ2v) is 6.67. The lowest BCUT2D eigenvalue weighted by atomic mass is 10.1. The highest BCUT2D eigenvalue weighted by molar-refractivity contribution is 5.89. The van der Waals surface area contributed by atoms with Crippen LogP contribution >= 0.6 is 0 Å². The van der Waals surface area contributed by atoms with Crippen LogP contribution in [0.1, 0.15) is 30.1 Å². The number of nitrogens with zero attached hydrogens (tertiary/aromatic N) is 4. The fourth-order valence-electron chi connectivity index (χ4n) is 3.32. The zero-order chi connectivity index (χ0) is 17.8. The minimum Gasteiger partial charge on any atom is -0.330 e. The Bertz CT molecular complexity index is 741. The van der Waals surface area contributed by atoms with Crippen LogP contribution in [0.2, 0.25) is 0 Å². The van der Waals surface area contributed by atoms with Gasteiger partial charge in [0.1, 0.15) is 11.6 Å². The predicted octanol–water partition coefficient (Wildman–Crippen LogP) is 2.15. The van der Waals surface area contributed by atoms with Crippen LogP contribution in [0.4, 0.5) is 10.5 Å². The average molecular weight is 342 g/mol. The molecule has 1 atom stereocenters. The molecule has 1 aromatic heterocycles. The lowest BCUT2D eigenvalue weighted by molar-refractivity contribution is 0.220. The molecule has 25 heavy (non-hydrogen) atoms. The van der Waals surface area contributed by atoms with Crippen molar-refractivity contribution in [3.63, 3.8) is 0 Å². The molecule has 1 fully saturated rings. The van der Waals surface area contributed by atoms with Crippen LogP contribution in [0.5, 0.6) is 0 Å². The number of aryl methyl sites for hydroxylation is 2. The van der Waals surface area contributed by atoms with Crippen LogP contribution in [0, 0.1) is 19.8 Å². The zero-order valence-corrected chi connectivity index (χ0v) is 14.9. The Kier molecular flexibility index (Phi) is 5.33. The highest BCUT2D eigenvalue weighted by atomic mass is 16.2. The summed E-state index contributed by atoms with van der Waals surface area (Å²) in [6.07, 6.45) is 2.02. The van der Waals surface area contributed by atoms with Crippen molar-refractivity contribution in [1.82, 2.24) is 19.7 Å². The quantitative estimate of drug-likeness (QED) is 0.871. The number of aromatic nitrogens is 3. The van der Waals surface area contributed by atoms with Gasteiger partial charge in [0.15, 0.2) is 0 Å². The maximum atomic E-state index is 12.4. The van der Waals surface area contributed by atoms with E-state index in [1.54, 1.807) is 0 Å². The van der Waals surface area contributed by atoms with Crippen molar-refractivity contribution in [2.75, 3.05) is 25.0 Å². The minimum atomic E-state index is -0.0375. The van der Waals surface area contributed by atoms with Crippen molar-refractivity contribution in [2.24, 2.45) is 11.7 Å². The van der Waals surface area contributed by atoms with Gasteiger partial charge in [-0.1, -0.05) is 12.1 Å². The van der Waals surface area contributed by atoms with Crippen molar-refractivity contribution in [3.8, 4) is 0 Å². The van der Waals surface area contributed by atoms with Crippen LogP contribution in [0.3, 0.4) is 0 Å². The third kappa shape index (κ3) is 4.36. The molecule has 2 aromatic rings. The van der Waals surface area contributed by atoms with E-state index in [1.165, 1.54) is 0 Å². The summed E-state index contributed by atoms with van der Waals surface area (Å²) < 4.78 is 1.87. The van der Waals surface area contributed by atoms with E-state index in [9.17, 15) is 4.79 Å². The third-order valence-electron chi connectivity index (χ3n) is 4.62. The van der Waals surface area contributed by atoms with Gasteiger partial charge in [0.25, 0.3) is 0 Å². The Hall–Kier alpha value is -2.41. The monoisotopic (exact) mass is 342 g/mol. The van der Waals surface area contributed by atoms with Gasteiger partial charge in [-0.2, -0.15) is 5.10 Å². The molecule has 1 saturated heterocycles. The molecule has 0 saturated carbocycles. The number of nitrogens with one attached hydrogen (secondary N) is 1. The molecule has 1 aliphatic heterocycles. The van der Waals surface area contributed by atoms with Crippen LogP contribution in [-0.4, -0.2) is 45.3 Å². The molecule has 0 radical (unpaired) electrons. The number of anilines is 1. The number of hydrogen-bond donors (Lipinski definition) is 2. The summed E-state index contributed by atoms with van der Waals surface area (Å²) in [5.74, 6) is 2.18. The second-order valence-electron chi connectivity index (χ2n) is 6.67. The molecule has 3 N–H and O–H groups in total. The van der Waals surface area contributed by atoms with Crippen LogP contribution < -0.4 is 11.1 Å². The molecule has 1 aliphatic rings. The van der Waals surface area contributed by atoms with Gasteiger partial charge in [-0.25, -0.2) is 14.5 Å². The number of benzene rings is 1. The normalized spacial score (nSPS) is 17.1. The molecule has 134 valence electrons. The van der Waals surface area contributed by atoms with E-state index in [4.69, 9.17) is 5.73 Å². The average Bonchev–Trinajstić information content (AvgIpc) is 3.15. The van der Waals surface area contributed by atoms with Crippen LogP contribution in [0.25, 0.3) is 0 Å². The molecule has 7 heteroatoms. The van der Waals surface area contributed by atoms with Gasteiger partial charge in [0, 0.05) is 18.8 Å². The SMILES string of the molecule is Cc1nc(C)n(Cc2cccc(NC(=O)N3CCC(CCN)C3)c2)n1. The summed E-state index contributed by atoms with van der Waals surface area (Å²) in [5, 5.41) is 7.39. The molecule has 0 aliphatic carbocycles. The predicted molar refractivity (Wildman–Crippen MR) is 97.4 cm³/mol. The van der Waals surface area contributed by atoms with Crippen LogP contribution in [0.15, 0.2) is 24.3 Å². The number of amides is 2. The number of hydrogen-bond acceptors (Lipinski definition) is 4. The standard InChI is InChI=1S/C18H26N6O/c1-13-20-14(2)24(22-13)12-16-4-3-5-17(10-16)21-18(25)23-9-7-15(11-23)6-8-19/h3-5,10,15H,6-9,11-12,19H2,1-2H3,(H,21,25). The summed E-state index contributed by atoms with van der Waals surface area (Å²) in [7, 11) is 0. The summed E-state index contributed by atoms with van der Waals surface area (Å²) in [6.45, 7) is 6.74.